The van der Waals surface area contributed by atoms with Gasteiger partial charge in [0.05, 0.1) is 7.11 Å². The maximum atomic E-state index is 11.7. The van der Waals surface area contributed by atoms with Crippen molar-refractivity contribution in [3.63, 3.8) is 0 Å². The molecule has 5 heteroatoms. The van der Waals surface area contributed by atoms with E-state index < -0.39 is 11.7 Å². The van der Waals surface area contributed by atoms with Gasteiger partial charge >= 0.3 is 0 Å². The zero-order chi connectivity index (χ0) is 22.0. The summed E-state index contributed by atoms with van der Waals surface area (Å²) in [6.07, 6.45) is 6.33. The van der Waals surface area contributed by atoms with Crippen molar-refractivity contribution in [1.82, 2.24) is 0 Å². The fraction of sp³-hybridized carbons (Fsp3) is 0.385. The molecule has 0 saturated carbocycles. The monoisotopic (exact) mass is 420 g/mol. The number of aliphatic hydroxyl groups is 1. The van der Waals surface area contributed by atoms with Crippen LogP contribution in [0.3, 0.4) is 0 Å². The van der Waals surface area contributed by atoms with Gasteiger partial charge in [-0.2, -0.15) is 0 Å². The van der Waals surface area contributed by atoms with Gasteiger partial charge in [-0.3, -0.25) is 0 Å². The summed E-state index contributed by atoms with van der Waals surface area (Å²) in [6.45, 7) is 8.28. The lowest BCUT2D eigenvalue weighted by Crippen LogP contribution is -2.41. The Bertz CT molecular complexity index is 1120. The van der Waals surface area contributed by atoms with Gasteiger partial charge in [0.2, 0.25) is 0 Å². The summed E-state index contributed by atoms with van der Waals surface area (Å²) in [7, 11) is 1.66. The van der Waals surface area contributed by atoms with E-state index in [9.17, 15) is 5.11 Å². The van der Waals surface area contributed by atoms with Crippen LogP contribution in [0.15, 0.2) is 42.0 Å². The first-order chi connectivity index (χ1) is 14.7. The predicted octanol–water partition coefficient (Wildman–Crippen LogP) is 5.10. The molecular formula is C26H28O5. The van der Waals surface area contributed by atoms with E-state index in [1.165, 1.54) is 5.57 Å². The van der Waals surface area contributed by atoms with Gasteiger partial charge in [-0.25, -0.2) is 0 Å². The van der Waals surface area contributed by atoms with Gasteiger partial charge in [0.15, 0.2) is 11.7 Å². The van der Waals surface area contributed by atoms with E-state index in [4.69, 9.17) is 18.9 Å². The van der Waals surface area contributed by atoms with Crippen molar-refractivity contribution in [2.75, 3.05) is 13.7 Å². The lowest BCUT2D eigenvalue weighted by Gasteiger charge is -2.36. The SMILES string of the molecule is COc1ccc2c(c1CC=C(C)C)O[C@@H]1c3cc4c(cc3OC[C@]21O)OC(C)(C)C=C4. The second-order valence-electron chi connectivity index (χ2n) is 9.29. The van der Waals surface area contributed by atoms with Crippen LogP contribution < -0.4 is 18.9 Å². The Kier molecular flexibility index (Phi) is 4.38. The quantitative estimate of drug-likeness (QED) is 0.700. The lowest BCUT2D eigenvalue weighted by molar-refractivity contribution is -0.0865. The Morgan fingerprint density at radius 2 is 2.03 bits per heavy atom. The van der Waals surface area contributed by atoms with Crippen molar-refractivity contribution in [2.24, 2.45) is 0 Å². The molecule has 0 amide bonds. The Labute approximate surface area is 182 Å². The molecule has 3 heterocycles. The average Bonchev–Trinajstić information content (AvgIpc) is 3.03. The van der Waals surface area contributed by atoms with E-state index in [2.05, 4.69) is 26.0 Å². The minimum absolute atomic E-state index is 0.115. The van der Waals surface area contributed by atoms with Crippen LogP contribution in [-0.4, -0.2) is 24.4 Å². The number of fused-ring (bicyclic) bond motifs is 6. The summed E-state index contributed by atoms with van der Waals surface area (Å²) in [4.78, 5) is 0. The van der Waals surface area contributed by atoms with Crippen molar-refractivity contribution >= 4 is 6.08 Å². The van der Waals surface area contributed by atoms with Crippen LogP contribution in [0.4, 0.5) is 0 Å². The highest BCUT2D eigenvalue weighted by molar-refractivity contribution is 5.66. The van der Waals surface area contributed by atoms with Crippen molar-refractivity contribution in [1.29, 1.82) is 0 Å². The number of hydrogen-bond acceptors (Lipinski definition) is 5. The standard InChI is InChI=1S/C26H28O5/c1-15(2)6-7-17-20(28-5)9-8-19-23(17)30-24-18-12-16-10-11-25(3,4)31-21(16)13-22(18)29-14-26(19,24)27/h6,8-13,24,27H,7,14H2,1-5H3/t24-,26+/m1/s1. The van der Waals surface area contributed by atoms with Crippen LogP contribution in [0, 0.1) is 0 Å². The molecule has 0 spiro atoms. The highest BCUT2D eigenvalue weighted by Crippen LogP contribution is 2.57. The fourth-order valence-electron chi connectivity index (χ4n) is 4.55. The van der Waals surface area contributed by atoms with Crippen molar-refractivity contribution < 1.29 is 24.1 Å². The van der Waals surface area contributed by atoms with Crippen LogP contribution in [-0.2, 0) is 12.0 Å². The Morgan fingerprint density at radius 3 is 2.77 bits per heavy atom. The van der Waals surface area contributed by atoms with Gasteiger partial charge < -0.3 is 24.1 Å². The highest BCUT2D eigenvalue weighted by Gasteiger charge is 2.54. The zero-order valence-corrected chi connectivity index (χ0v) is 18.6. The molecule has 5 nitrogen and oxygen atoms in total. The molecule has 2 aromatic rings. The van der Waals surface area contributed by atoms with Crippen molar-refractivity contribution in [3.8, 4) is 23.0 Å². The Balaban J connectivity index is 1.61. The van der Waals surface area contributed by atoms with Gasteiger partial charge in [-0.05, 0) is 58.4 Å². The Morgan fingerprint density at radius 1 is 1.23 bits per heavy atom. The first kappa shape index (κ1) is 20.0. The molecule has 0 aromatic heterocycles. The topological polar surface area (TPSA) is 57.2 Å². The third kappa shape index (κ3) is 3.10. The molecule has 2 atom stereocenters. The van der Waals surface area contributed by atoms with Crippen molar-refractivity contribution in [3.05, 3.63) is 64.2 Å². The first-order valence-corrected chi connectivity index (χ1v) is 10.6. The minimum atomic E-state index is -1.26. The van der Waals surface area contributed by atoms with Gasteiger partial charge in [-0.15, -0.1) is 0 Å². The first-order valence-electron chi connectivity index (χ1n) is 10.6. The van der Waals surface area contributed by atoms with Gasteiger partial charge in [0.1, 0.15) is 35.2 Å². The molecule has 5 rings (SSSR count). The molecule has 0 saturated heterocycles. The van der Waals surface area contributed by atoms with Crippen LogP contribution in [0.25, 0.3) is 6.08 Å². The maximum absolute atomic E-state index is 11.7. The molecule has 3 aliphatic heterocycles. The highest BCUT2D eigenvalue weighted by atomic mass is 16.5. The van der Waals surface area contributed by atoms with Gasteiger partial charge in [0.25, 0.3) is 0 Å². The number of hydrogen-bond donors (Lipinski definition) is 1. The minimum Gasteiger partial charge on any atom is -0.496 e. The molecule has 0 fully saturated rings. The summed E-state index contributed by atoms with van der Waals surface area (Å²) >= 11 is 0. The molecule has 0 aliphatic carbocycles. The number of ether oxygens (including phenoxy) is 4. The predicted molar refractivity (Wildman–Crippen MR) is 119 cm³/mol. The van der Waals surface area contributed by atoms with E-state index in [-0.39, 0.29) is 12.2 Å². The number of allylic oxidation sites excluding steroid dienone is 2. The molecule has 2 aromatic carbocycles. The van der Waals surface area contributed by atoms with Crippen LogP contribution in [0.2, 0.25) is 0 Å². The normalized spacial score (nSPS) is 23.9. The molecule has 0 bridgehead atoms. The number of methoxy groups -OCH3 is 1. The molecular weight excluding hydrogens is 392 g/mol. The molecule has 0 radical (unpaired) electrons. The molecule has 3 aliphatic rings. The fourth-order valence-corrected chi connectivity index (χ4v) is 4.55. The molecule has 1 N–H and O–H groups in total. The lowest BCUT2D eigenvalue weighted by atomic mass is 9.83. The van der Waals surface area contributed by atoms with Gasteiger partial charge in [0, 0.05) is 28.3 Å². The zero-order valence-electron chi connectivity index (χ0n) is 18.6. The van der Waals surface area contributed by atoms with Crippen LogP contribution in [0.1, 0.15) is 56.1 Å². The third-order valence-electron chi connectivity index (χ3n) is 6.20. The van der Waals surface area contributed by atoms with Crippen LogP contribution in [0.5, 0.6) is 23.0 Å². The molecule has 0 unspecified atom stereocenters. The summed E-state index contributed by atoms with van der Waals surface area (Å²) < 4.78 is 24.2. The molecule has 31 heavy (non-hydrogen) atoms. The smallest absolute Gasteiger partial charge is 0.168 e. The molecule has 162 valence electrons. The summed E-state index contributed by atoms with van der Waals surface area (Å²) in [5.41, 5.74) is 3.04. The maximum Gasteiger partial charge on any atom is 0.168 e. The number of rotatable bonds is 3. The second kappa shape index (κ2) is 6.79. The van der Waals surface area contributed by atoms with E-state index in [0.717, 1.165) is 33.8 Å². The van der Waals surface area contributed by atoms with Crippen LogP contribution >= 0.6 is 0 Å². The van der Waals surface area contributed by atoms with E-state index in [1.807, 2.05) is 44.2 Å². The van der Waals surface area contributed by atoms with E-state index in [1.54, 1.807) is 7.11 Å². The van der Waals surface area contributed by atoms with E-state index >= 15 is 0 Å². The van der Waals surface area contributed by atoms with Crippen molar-refractivity contribution in [2.45, 2.75) is 51.4 Å². The second-order valence-corrected chi connectivity index (χ2v) is 9.29. The van der Waals surface area contributed by atoms with E-state index in [0.29, 0.717) is 17.9 Å². The summed E-state index contributed by atoms with van der Waals surface area (Å²) in [6, 6.07) is 7.70. The Hall–Kier alpha value is -2.92. The summed E-state index contributed by atoms with van der Waals surface area (Å²) in [5.74, 6) is 2.90. The number of benzene rings is 2. The van der Waals surface area contributed by atoms with Gasteiger partial charge in [-0.1, -0.05) is 17.7 Å². The third-order valence-corrected chi connectivity index (χ3v) is 6.20. The average molecular weight is 421 g/mol. The summed E-state index contributed by atoms with van der Waals surface area (Å²) in [5, 5.41) is 11.7. The largest absolute Gasteiger partial charge is 0.496 e.